The first kappa shape index (κ1) is 23.1. The zero-order valence-electron chi connectivity index (χ0n) is 18.4. The van der Waals surface area contributed by atoms with Gasteiger partial charge in [-0.2, -0.15) is 0 Å². The summed E-state index contributed by atoms with van der Waals surface area (Å²) >= 11 is 6.35. The fourth-order valence-corrected chi connectivity index (χ4v) is 3.48. The quantitative estimate of drug-likeness (QED) is 0.323. The Kier molecular flexibility index (Phi) is 6.99. The van der Waals surface area contributed by atoms with Crippen molar-refractivity contribution in [2.45, 2.75) is 18.9 Å². The van der Waals surface area contributed by atoms with Gasteiger partial charge in [0, 0.05) is 29.8 Å². The first-order valence-corrected chi connectivity index (χ1v) is 11.0. The smallest absolute Gasteiger partial charge is 0.319 e. The predicted molar refractivity (Wildman–Crippen MR) is 129 cm³/mol. The summed E-state index contributed by atoms with van der Waals surface area (Å²) in [6.45, 7) is 7.27. The normalized spacial score (nSPS) is 12.5. The number of ether oxygens (including phenoxy) is 2. The van der Waals surface area contributed by atoms with Crippen LogP contribution in [0.1, 0.15) is 23.2 Å². The fourth-order valence-electron chi connectivity index (χ4n) is 3.26. The second kappa shape index (κ2) is 10.3. The lowest BCUT2D eigenvalue weighted by atomic mass is 10.1. The Balaban J connectivity index is 1.58. The van der Waals surface area contributed by atoms with E-state index < -0.39 is 0 Å². The number of fused-ring (bicyclic) bond motifs is 1. The van der Waals surface area contributed by atoms with Gasteiger partial charge in [-0.05, 0) is 37.1 Å². The molecule has 1 aromatic heterocycles. The highest BCUT2D eigenvalue weighted by molar-refractivity contribution is 6.33. The van der Waals surface area contributed by atoms with Crippen LogP contribution in [-0.4, -0.2) is 43.2 Å². The van der Waals surface area contributed by atoms with Crippen molar-refractivity contribution in [2.75, 3.05) is 25.5 Å². The van der Waals surface area contributed by atoms with Crippen LogP contribution < -0.4 is 25.4 Å². The van der Waals surface area contributed by atoms with Gasteiger partial charge in [-0.3, -0.25) is 9.78 Å². The van der Waals surface area contributed by atoms with Gasteiger partial charge in [0.2, 0.25) is 6.54 Å². The molecule has 0 radical (unpaired) electrons. The molecule has 0 unspecified atom stereocenters. The van der Waals surface area contributed by atoms with E-state index in [1.807, 2.05) is 0 Å². The van der Waals surface area contributed by atoms with E-state index in [2.05, 4.69) is 25.8 Å². The number of carbonyl (C=O) groups excluding carboxylic acids is 2. The molecule has 1 aliphatic carbocycles. The topological polar surface area (TPSA) is 106 Å². The number of rotatable bonds is 8. The third kappa shape index (κ3) is 5.47. The number of hydrogen-bond acceptors (Lipinski definition) is 5. The van der Waals surface area contributed by atoms with Gasteiger partial charge in [-0.1, -0.05) is 11.6 Å². The molecule has 0 aliphatic heterocycles. The Morgan fingerprint density at radius 2 is 2.03 bits per heavy atom. The van der Waals surface area contributed by atoms with Crippen LogP contribution in [0, 0.1) is 6.57 Å². The van der Waals surface area contributed by atoms with Crippen molar-refractivity contribution in [1.29, 1.82) is 0 Å². The molecule has 0 bridgehead atoms. The average molecular weight is 480 g/mol. The summed E-state index contributed by atoms with van der Waals surface area (Å²) in [5.41, 5.74) is 1.35. The summed E-state index contributed by atoms with van der Waals surface area (Å²) in [7, 11) is 1.47. The van der Waals surface area contributed by atoms with Crippen molar-refractivity contribution >= 4 is 40.1 Å². The molecule has 3 aromatic rings. The monoisotopic (exact) mass is 479 g/mol. The SMILES string of the molecule is [C-]#[N+]CCNC(=O)c1cc2c(Oc3ccc(NC(=O)NC4CC4)c(Cl)c3)ccnc2cc1OC. The standard InChI is InChI=1S/C24H22ClN5O4/c1-26-9-10-28-23(31)17-12-16-20(13-22(17)33-2)27-8-7-21(16)34-15-5-6-19(18(25)11-15)30-24(32)29-14-3-4-14/h5-8,11-14H,3-4,9-10H2,2H3,(H,28,31)(H2,29,30,32). The number of benzene rings is 2. The Labute approximate surface area is 201 Å². The van der Waals surface area contributed by atoms with Gasteiger partial charge < -0.3 is 30.3 Å². The molecule has 1 fully saturated rings. The molecule has 0 atom stereocenters. The lowest BCUT2D eigenvalue weighted by Gasteiger charge is -2.14. The second-order valence-corrected chi connectivity index (χ2v) is 8.04. The number of halogens is 1. The summed E-state index contributed by atoms with van der Waals surface area (Å²) in [6.07, 6.45) is 3.57. The predicted octanol–water partition coefficient (Wildman–Crippen LogP) is 4.62. The summed E-state index contributed by atoms with van der Waals surface area (Å²) in [4.78, 5) is 32.2. The molecular formula is C24H22ClN5O4. The maximum Gasteiger partial charge on any atom is 0.319 e. The van der Waals surface area contributed by atoms with E-state index >= 15 is 0 Å². The van der Waals surface area contributed by atoms with Crippen LogP contribution >= 0.6 is 11.6 Å². The van der Waals surface area contributed by atoms with Crippen molar-refractivity contribution in [3.05, 3.63) is 64.6 Å². The van der Waals surface area contributed by atoms with E-state index in [4.69, 9.17) is 27.6 Å². The van der Waals surface area contributed by atoms with E-state index in [-0.39, 0.29) is 31.1 Å². The number of urea groups is 1. The van der Waals surface area contributed by atoms with E-state index in [1.54, 1.807) is 42.6 Å². The van der Waals surface area contributed by atoms with Crippen LogP contribution in [0.4, 0.5) is 10.5 Å². The highest BCUT2D eigenvalue weighted by Gasteiger charge is 2.23. The maximum atomic E-state index is 12.6. The molecule has 174 valence electrons. The Morgan fingerprint density at radius 3 is 2.74 bits per heavy atom. The van der Waals surface area contributed by atoms with Crippen molar-refractivity contribution in [3.8, 4) is 17.2 Å². The first-order chi connectivity index (χ1) is 16.5. The zero-order chi connectivity index (χ0) is 24.1. The van der Waals surface area contributed by atoms with Crippen LogP contribution in [0.15, 0.2) is 42.6 Å². The van der Waals surface area contributed by atoms with Crippen molar-refractivity contribution < 1.29 is 19.1 Å². The minimum Gasteiger partial charge on any atom is -0.496 e. The van der Waals surface area contributed by atoms with Crippen LogP contribution in [0.25, 0.3) is 15.7 Å². The number of amides is 3. The molecule has 0 saturated heterocycles. The molecule has 34 heavy (non-hydrogen) atoms. The largest absolute Gasteiger partial charge is 0.496 e. The van der Waals surface area contributed by atoms with Gasteiger partial charge in [0.1, 0.15) is 17.2 Å². The summed E-state index contributed by atoms with van der Waals surface area (Å²) in [6, 6.07) is 9.86. The van der Waals surface area contributed by atoms with Crippen LogP contribution in [-0.2, 0) is 0 Å². The third-order valence-corrected chi connectivity index (χ3v) is 5.42. The van der Waals surface area contributed by atoms with Gasteiger partial charge >= 0.3 is 6.03 Å². The Bertz CT molecular complexity index is 1290. The van der Waals surface area contributed by atoms with Crippen LogP contribution in [0.5, 0.6) is 17.2 Å². The van der Waals surface area contributed by atoms with Gasteiger partial charge in [-0.25, -0.2) is 11.4 Å². The average Bonchev–Trinajstić information content (AvgIpc) is 3.64. The first-order valence-electron chi connectivity index (χ1n) is 10.6. The molecule has 1 aliphatic rings. The fraction of sp³-hybridized carbons (Fsp3) is 0.250. The zero-order valence-corrected chi connectivity index (χ0v) is 19.1. The molecule has 3 amide bonds. The summed E-state index contributed by atoms with van der Waals surface area (Å²) < 4.78 is 11.4. The molecule has 0 spiro atoms. The number of anilines is 1. The van der Waals surface area contributed by atoms with E-state index in [0.29, 0.717) is 44.4 Å². The minimum atomic E-state index is -0.361. The van der Waals surface area contributed by atoms with Crippen molar-refractivity contribution in [1.82, 2.24) is 15.6 Å². The van der Waals surface area contributed by atoms with E-state index in [9.17, 15) is 9.59 Å². The van der Waals surface area contributed by atoms with Gasteiger partial charge in [0.25, 0.3) is 5.91 Å². The number of pyridine rings is 1. The molecule has 10 heteroatoms. The minimum absolute atomic E-state index is 0.186. The molecule has 1 heterocycles. The van der Waals surface area contributed by atoms with E-state index in [1.165, 1.54) is 7.11 Å². The highest BCUT2D eigenvalue weighted by atomic mass is 35.5. The number of aromatic nitrogens is 1. The lowest BCUT2D eigenvalue weighted by molar-refractivity contribution is 0.0952. The number of nitrogens with one attached hydrogen (secondary N) is 3. The number of methoxy groups -OCH3 is 1. The van der Waals surface area contributed by atoms with E-state index in [0.717, 1.165) is 12.8 Å². The van der Waals surface area contributed by atoms with Crippen LogP contribution in [0.2, 0.25) is 5.02 Å². The van der Waals surface area contributed by atoms with Crippen molar-refractivity contribution in [3.63, 3.8) is 0 Å². The number of nitrogens with zero attached hydrogens (tertiary/aromatic N) is 2. The van der Waals surface area contributed by atoms with Crippen LogP contribution in [0.3, 0.4) is 0 Å². The molecule has 2 aromatic carbocycles. The maximum absolute atomic E-state index is 12.6. The second-order valence-electron chi connectivity index (χ2n) is 7.63. The summed E-state index contributed by atoms with van der Waals surface area (Å²) in [5.74, 6) is 0.913. The Morgan fingerprint density at radius 1 is 1.21 bits per heavy atom. The molecular weight excluding hydrogens is 458 g/mol. The lowest BCUT2D eigenvalue weighted by Crippen LogP contribution is -2.30. The van der Waals surface area contributed by atoms with Gasteiger partial charge in [0.15, 0.2) is 0 Å². The number of carbonyl (C=O) groups is 2. The number of hydrogen-bond donors (Lipinski definition) is 3. The molecule has 4 rings (SSSR count). The third-order valence-electron chi connectivity index (χ3n) is 5.11. The summed E-state index contributed by atoms with van der Waals surface area (Å²) in [5, 5.41) is 9.19. The van der Waals surface area contributed by atoms with Gasteiger partial charge in [-0.15, -0.1) is 0 Å². The molecule has 9 nitrogen and oxygen atoms in total. The molecule has 3 N–H and O–H groups in total. The molecule has 1 saturated carbocycles. The van der Waals surface area contributed by atoms with Gasteiger partial charge in [0.05, 0.1) is 35.4 Å². The van der Waals surface area contributed by atoms with Crippen molar-refractivity contribution in [2.24, 2.45) is 0 Å². The highest BCUT2D eigenvalue weighted by Crippen LogP contribution is 2.35. The Hall–Kier alpha value is -4.03.